The van der Waals surface area contributed by atoms with Crippen molar-refractivity contribution in [1.82, 2.24) is 0 Å². The van der Waals surface area contributed by atoms with Gasteiger partial charge >= 0.3 is 0 Å². The largest absolute Gasteiger partial charge is 0.396 e. The van der Waals surface area contributed by atoms with Gasteiger partial charge in [0.2, 0.25) is 0 Å². The van der Waals surface area contributed by atoms with E-state index in [2.05, 4.69) is 12.6 Å². The minimum atomic E-state index is -3.12. The van der Waals surface area contributed by atoms with Crippen LogP contribution in [0, 0.1) is 0 Å². The van der Waals surface area contributed by atoms with Gasteiger partial charge in [-0.15, -0.1) is 0 Å². The number of hydrogen-bond donors (Lipinski definition) is 2. The molecule has 1 N–H and O–H groups in total. The summed E-state index contributed by atoms with van der Waals surface area (Å²) >= 11 is 3.71. The van der Waals surface area contributed by atoms with Gasteiger partial charge < -0.3 is 5.11 Å². The highest BCUT2D eigenvalue weighted by molar-refractivity contribution is 7.81. The minimum Gasteiger partial charge on any atom is -0.396 e. The summed E-state index contributed by atoms with van der Waals surface area (Å²) in [7, 11) is 0. The predicted octanol–water partition coefficient (Wildman–Crippen LogP) is 1.08. The third kappa shape index (κ3) is 6.31. The maximum Gasteiger partial charge on any atom is 0.0564 e. The standard InChI is InChI=1S/C5H12OS/c1-5(2,7)3-4-6/h6-7H,3-4H2,1-2H3/i1D2,3D2,4D2. The molecule has 0 heterocycles. The van der Waals surface area contributed by atoms with Crippen LogP contribution in [0.3, 0.4) is 0 Å². The summed E-state index contributed by atoms with van der Waals surface area (Å²) < 4.78 is 40.2. The van der Waals surface area contributed by atoms with Crippen molar-refractivity contribution < 1.29 is 13.3 Å². The zero-order chi connectivity index (χ0) is 11.1. The Morgan fingerprint density at radius 1 is 2.14 bits per heavy atom. The first-order valence-electron chi connectivity index (χ1n) is 4.89. The molecule has 0 spiro atoms. The normalized spacial score (nSPS) is 36.0. The van der Waals surface area contributed by atoms with Crippen LogP contribution in [0.2, 0.25) is 0 Å². The minimum absolute atomic E-state index is 1.11. The van der Waals surface area contributed by atoms with Gasteiger partial charge in [0.1, 0.15) is 0 Å². The molecular formula is C5H12OS. The second-order valence-electron chi connectivity index (χ2n) is 1.38. The summed E-state index contributed by atoms with van der Waals surface area (Å²) in [6.45, 7) is -3.70. The average molecular weight is 126 g/mol. The molecule has 0 aliphatic carbocycles. The summed E-state index contributed by atoms with van der Waals surface area (Å²) in [5.74, 6) is 0. The van der Waals surface area contributed by atoms with Crippen LogP contribution in [0.4, 0.5) is 0 Å². The van der Waals surface area contributed by atoms with Gasteiger partial charge in [0.05, 0.1) is 2.74 Å². The quantitative estimate of drug-likeness (QED) is 0.530. The molecule has 0 fully saturated rings. The van der Waals surface area contributed by atoms with Gasteiger partial charge in [-0.3, -0.25) is 0 Å². The van der Waals surface area contributed by atoms with E-state index in [1.807, 2.05) is 0 Å². The summed E-state index contributed by atoms with van der Waals surface area (Å²) in [6.07, 6.45) is -2.77. The van der Waals surface area contributed by atoms with Gasteiger partial charge in [0.15, 0.2) is 0 Å². The molecule has 0 saturated heterocycles. The highest BCUT2D eigenvalue weighted by atomic mass is 32.1. The summed E-state index contributed by atoms with van der Waals surface area (Å²) in [5.41, 5.74) is 0. The topological polar surface area (TPSA) is 20.2 Å². The van der Waals surface area contributed by atoms with Crippen molar-refractivity contribution in [1.29, 1.82) is 0 Å². The number of aliphatic hydroxyl groups is 1. The van der Waals surface area contributed by atoms with Crippen LogP contribution in [-0.4, -0.2) is 16.4 Å². The van der Waals surface area contributed by atoms with Crippen LogP contribution in [-0.2, 0) is 0 Å². The Hall–Kier alpha value is 0.310. The van der Waals surface area contributed by atoms with E-state index in [9.17, 15) is 0 Å². The summed E-state index contributed by atoms with van der Waals surface area (Å²) in [5, 5.41) is 8.87. The molecule has 0 aromatic rings. The van der Waals surface area contributed by atoms with E-state index in [4.69, 9.17) is 13.3 Å². The molecule has 1 nitrogen and oxygen atoms in total. The molecule has 0 aliphatic heterocycles. The number of thiol groups is 1. The average Bonchev–Trinajstić information content (AvgIpc) is 1.84. The molecule has 0 bridgehead atoms. The van der Waals surface area contributed by atoms with E-state index in [0.717, 1.165) is 6.92 Å². The van der Waals surface area contributed by atoms with Crippen molar-refractivity contribution in [2.45, 2.75) is 24.9 Å². The monoisotopic (exact) mass is 126 g/mol. The SMILES string of the molecule is [2H]C([2H])C(C)(S)C([2H])([2H])C([2H])([2H])O. The van der Waals surface area contributed by atoms with E-state index in [1.54, 1.807) is 0 Å². The molecular weight excluding hydrogens is 108 g/mol. The smallest absolute Gasteiger partial charge is 0.0564 e. The third-order valence-electron chi connectivity index (χ3n) is 0.309. The highest BCUT2D eigenvalue weighted by Gasteiger charge is 2.08. The van der Waals surface area contributed by atoms with Crippen molar-refractivity contribution in [3.8, 4) is 0 Å². The Labute approximate surface area is 58.6 Å². The van der Waals surface area contributed by atoms with E-state index in [-0.39, 0.29) is 0 Å². The lowest BCUT2D eigenvalue weighted by atomic mass is 10.1. The fourth-order valence-corrected chi connectivity index (χ4v) is 0.163. The third-order valence-corrected chi connectivity index (χ3v) is 0.421. The van der Waals surface area contributed by atoms with Gasteiger partial charge in [-0.05, 0) is 6.37 Å². The number of rotatable bonds is 2. The Bertz CT molecular complexity index is 186. The Kier molecular flexibility index (Phi) is 0.707. The second-order valence-corrected chi connectivity index (χ2v) is 2.31. The Morgan fingerprint density at radius 3 is 2.86 bits per heavy atom. The summed E-state index contributed by atoms with van der Waals surface area (Å²) in [4.78, 5) is 0. The molecule has 0 aromatic heterocycles. The lowest BCUT2D eigenvalue weighted by molar-refractivity contribution is 0.276. The predicted molar refractivity (Wildman–Crippen MR) is 34.8 cm³/mol. The van der Waals surface area contributed by atoms with Crippen LogP contribution in [0.5, 0.6) is 0 Å². The van der Waals surface area contributed by atoms with Gasteiger partial charge in [-0.25, -0.2) is 0 Å². The van der Waals surface area contributed by atoms with Crippen molar-refractivity contribution >= 4 is 12.6 Å². The lowest BCUT2D eigenvalue weighted by Gasteiger charge is -2.13. The van der Waals surface area contributed by atoms with Crippen LogP contribution in [0.25, 0.3) is 0 Å². The van der Waals surface area contributed by atoms with Crippen LogP contribution < -0.4 is 0 Å². The molecule has 1 unspecified atom stereocenters. The fourth-order valence-electron chi connectivity index (χ4n) is 0.113. The molecule has 0 aromatic carbocycles. The van der Waals surface area contributed by atoms with Gasteiger partial charge in [-0.1, -0.05) is 13.8 Å². The molecule has 7 heavy (non-hydrogen) atoms. The zero-order valence-electron chi connectivity index (χ0n) is 9.97. The molecule has 1 atom stereocenters. The Balaban J connectivity index is 5.04. The van der Waals surface area contributed by atoms with Crippen LogP contribution >= 0.6 is 12.6 Å². The molecule has 0 aliphatic rings. The Morgan fingerprint density at radius 2 is 2.71 bits per heavy atom. The first-order chi connectivity index (χ1) is 5.44. The van der Waals surface area contributed by atoms with Crippen LogP contribution in [0.15, 0.2) is 0 Å². The zero-order valence-corrected chi connectivity index (χ0v) is 4.87. The van der Waals surface area contributed by atoms with Crippen LogP contribution in [0.1, 0.15) is 28.4 Å². The van der Waals surface area contributed by atoms with Gasteiger partial charge in [-0.2, -0.15) is 12.6 Å². The summed E-state index contributed by atoms with van der Waals surface area (Å²) in [6, 6.07) is 0. The van der Waals surface area contributed by atoms with Crippen molar-refractivity contribution in [3.05, 3.63) is 0 Å². The highest BCUT2D eigenvalue weighted by Crippen LogP contribution is 2.14. The van der Waals surface area contributed by atoms with E-state index in [1.165, 1.54) is 0 Å². The van der Waals surface area contributed by atoms with Crippen molar-refractivity contribution in [2.24, 2.45) is 0 Å². The molecule has 44 valence electrons. The van der Waals surface area contributed by atoms with Gasteiger partial charge in [0, 0.05) is 16.8 Å². The molecule has 2 heteroatoms. The van der Waals surface area contributed by atoms with E-state index < -0.39 is 24.6 Å². The van der Waals surface area contributed by atoms with E-state index >= 15 is 0 Å². The molecule has 0 saturated carbocycles. The molecule has 0 rings (SSSR count). The fraction of sp³-hybridized carbons (Fsp3) is 1.00. The first-order valence-corrected chi connectivity index (χ1v) is 2.18. The van der Waals surface area contributed by atoms with E-state index in [0.29, 0.717) is 0 Å². The van der Waals surface area contributed by atoms with Gasteiger partial charge in [0.25, 0.3) is 0 Å². The lowest BCUT2D eigenvalue weighted by Crippen LogP contribution is -2.11. The second kappa shape index (κ2) is 2.58. The maximum atomic E-state index is 8.87. The maximum absolute atomic E-state index is 8.87. The molecule has 0 radical (unpaired) electrons. The van der Waals surface area contributed by atoms with Crippen molar-refractivity contribution in [2.75, 3.05) is 6.56 Å². The molecule has 0 amide bonds. The number of hydrogen-bond acceptors (Lipinski definition) is 2. The van der Waals surface area contributed by atoms with Crippen molar-refractivity contribution in [3.63, 3.8) is 0 Å². The first kappa shape index (κ1) is 1.92.